The van der Waals surface area contributed by atoms with Crippen molar-refractivity contribution in [1.29, 1.82) is 0 Å². The smallest absolute Gasteiger partial charge is 0.293 e. The van der Waals surface area contributed by atoms with Crippen molar-refractivity contribution in [3.05, 3.63) is 76.6 Å². The second kappa shape index (κ2) is 11.6. The van der Waals surface area contributed by atoms with Crippen molar-refractivity contribution in [2.75, 3.05) is 18.8 Å². The molecule has 12 nitrogen and oxygen atoms in total. The number of nitrogens with two attached hydrogens (primary N) is 1. The fraction of sp³-hybridized carbons (Fsp3) is 0.308. The summed E-state index contributed by atoms with van der Waals surface area (Å²) in [5.41, 5.74) is 12.2. The Bertz CT molecular complexity index is 1410. The summed E-state index contributed by atoms with van der Waals surface area (Å²) in [7, 11) is 0. The first-order valence-corrected chi connectivity index (χ1v) is 12.4. The quantitative estimate of drug-likeness (QED) is 0.253. The highest BCUT2D eigenvalue weighted by Crippen LogP contribution is 2.20. The summed E-state index contributed by atoms with van der Waals surface area (Å²) in [6.07, 6.45) is 4.93. The van der Waals surface area contributed by atoms with Crippen LogP contribution in [0.4, 0.5) is 5.82 Å². The minimum atomic E-state index is -0.493. The van der Waals surface area contributed by atoms with Crippen LogP contribution in [0.5, 0.6) is 5.75 Å². The molecule has 1 aliphatic heterocycles. The second-order valence-electron chi connectivity index (χ2n) is 9.15. The number of hydrogen-bond acceptors (Lipinski definition) is 10. The number of benzene rings is 2. The molecular formula is C26H29N9O3. The zero-order valence-electron chi connectivity index (χ0n) is 21.1. The van der Waals surface area contributed by atoms with Crippen LogP contribution >= 0.6 is 0 Å². The van der Waals surface area contributed by atoms with Gasteiger partial charge >= 0.3 is 0 Å². The molecule has 0 spiro atoms. The fourth-order valence-electron chi connectivity index (χ4n) is 4.29. The Morgan fingerprint density at radius 1 is 1.16 bits per heavy atom. The van der Waals surface area contributed by atoms with Crippen LogP contribution in [-0.2, 0) is 13.2 Å². The number of amides is 1. The maximum Gasteiger partial charge on any atom is 0.293 e. The van der Waals surface area contributed by atoms with Crippen LogP contribution in [0.25, 0.3) is 5.82 Å². The van der Waals surface area contributed by atoms with E-state index in [-0.39, 0.29) is 17.3 Å². The number of ether oxygens (including phenoxy) is 1. The van der Waals surface area contributed by atoms with E-state index in [2.05, 4.69) is 55.1 Å². The zero-order valence-corrected chi connectivity index (χ0v) is 21.1. The van der Waals surface area contributed by atoms with Crippen LogP contribution in [-0.4, -0.2) is 55.4 Å². The van der Waals surface area contributed by atoms with Crippen LogP contribution in [0.1, 0.15) is 52.1 Å². The molecule has 1 saturated heterocycles. The van der Waals surface area contributed by atoms with Gasteiger partial charge < -0.3 is 10.5 Å². The third-order valence-electron chi connectivity index (χ3n) is 6.24. The van der Waals surface area contributed by atoms with Crippen LogP contribution in [0.15, 0.2) is 58.3 Å². The van der Waals surface area contributed by atoms with Crippen molar-refractivity contribution in [2.45, 2.75) is 39.3 Å². The fourth-order valence-corrected chi connectivity index (χ4v) is 4.29. The topological polar surface area (TPSA) is 150 Å². The maximum absolute atomic E-state index is 13.0. The number of aryl methyl sites for hydroxylation is 1. The van der Waals surface area contributed by atoms with Crippen molar-refractivity contribution < 1.29 is 14.2 Å². The molecule has 196 valence electrons. The first-order valence-electron chi connectivity index (χ1n) is 12.4. The number of rotatable bonds is 9. The van der Waals surface area contributed by atoms with E-state index in [1.54, 1.807) is 6.21 Å². The van der Waals surface area contributed by atoms with E-state index < -0.39 is 5.91 Å². The molecule has 1 amide bonds. The Morgan fingerprint density at radius 3 is 2.71 bits per heavy atom. The number of hydrogen-bond donors (Lipinski definition) is 2. The molecule has 0 bridgehead atoms. The monoisotopic (exact) mass is 515 g/mol. The normalized spacial score (nSPS) is 14.1. The number of nitrogens with one attached hydrogen (secondary N) is 1. The van der Waals surface area contributed by atoms with Gasteiger partial charge in [-0.3, -0.25) is 9.69 Å². The summed E-state index contributed by atoms with van der Waals surface area (Å²) < 4.78 is 12.0. The zero-order chi connectivity index (χ0) is 26.3. The highest BCUT2D eigenvalue weighted by atomic mass is 16.6. The lowest BCUT2D eigenvalue weighted by Crippen LogP contribution is -2.31. The van der Waals surface area contributed by atoms with Gasteiger partial charge in [-0.1, -0.05) is 41.5 Å². The molecule has 3 heterocycles. The summed E-state index contributed by atoms with van der Waals surface area (Å²) in [5.74, 6) is 0.503. The van der Waals surface area contributed by atoms with Crippen LogP contribution < -0.4 is 15.9 Å². The van der Waals surface area contributed by atoms with Crippen LogP contribution in [0.3, 0.4) is 0 Å². The van der Waals surface area contributed by atoms with Crippen LogP contribution in [0, 0.1) is 6.92 Å². The molecule has 2 aromatic carbocycles. The van der Waals surface area contributed by atoms with Crippen LogP contribution in [0.2, 0.25) is 0 Å². The van der Waals surface area contributed by atoms with Gasteiger partial charge in [-0.05, 0) is 78.6 Å². The molecule has 4 aromatic rings. The Balaban J connectivity index is 1.23. The second-order valence-corrected chi connectivity index (χ2v) is 9.15. The van der Waals surface area contributed by atoms with E-state index in [0.29, 0.717) is 18.8 Å². The molecule has 0 unspecified atom stereocenters. The van der Waals surface area contributed by atoms with E-state index >= 15 is 0 Å². The standard InChI is InChI=1S/C26H29N9O3/c1-18-6-5-7-20(14-18)17-37-21-10-8-19(9-11-21)15-28-30-26(36)23-22(16-34-12-3-2-4-13-34)35(33-29-23)25-24(27)31-38-32-25/h5-11,14-15H,2-4,12-13,16-17H2,1H3,(H2,27,31)(H,30,36)/b28-15-. The molecule has 1 aliphatic rings. The molecule has 0 radical (unpaired) electrons. The SMILES string of the molecule is Cc1cccc(COc2ccc(/C=N\NC(=O)c3nnn(-c4nonc4N)c3CN3CCCCC3)cc2)c1. The summed E-state index contributed by atoms with van der Waals surface area (Å²) in [6, 6.07) is 15.6. The molecule has 0 aliphatic carbocycles. The summed E-state index contributed by atoms with van der Waals surface area (Å²) in [4.78, 5) is 15.2. The number of likely N-dealkylation sites (tertiary alicyclic amines) is 1. The Labute approximate surface area is 219 Å². The largest absolute Gasteiger partial charge is 0.489 e. The lowest BCUT2D eigenvalue weighted by atomic mass is 10.1. The summed E-state index contributed by atoms with van der Waals surface area (Å²) in [5, 5.41) is 19.7. The Kier molecular flexibility index (Phi) is 7.69. The Morgan fingerprint density at radius 2 is 1.97 bits per heavy atom. The van der Waals surface area contributed by atoms with Gasteiger partial charge in [-0.25, -0.2) is 10.1 Å². The van der Waals surface area contributed by atoms with Gasteiger partial charge in [0.05, 0.1) is 11.9 Å². The van der Waals surface area contributed by atoms with Crippen molar-refractivity contribution in [3.63, 3.8) is 0 Å². The van der Waals surface area contributed by atoms with Gasteiger partial charge in [-0.15, -0.1) is 5.10 Å². The predicted octanol–water partition coefficient (Wildman–Crippen LogP) is 2.87. The van der Waals surface area contributed by atoms with E-state index in [4.69, 9.17) is 15.1 Å². The lowest BCUT2D eigenvalue weighted by Gasteiger charge is -2.26. The molecule has 1 fully saturated rings. The maximum atomic E-state index is 13.0. The van der Waals surface area contributed by atoms with Crippen molar-refractivity contribution in [3.8, 4) is 11.6 Å². The number of carbonyl (C=O) groups is 1. The lowest BCUT2D eigenvalue weighted by molar-refractivity contribution is 0.0947. The van der Waals surface area contributed by atoms with E-state index in [0.717, 1.165) is 42.8 Å². The van der Waals surface area contributed by atoms with Gasteiger partial charge in [0.2, 0.25) is 11.6 Å². The van der Waals surface area contributed by atoms with Crippen molar-refractivity contribution in [1.82, 2.24) is 35.6 Å². The van der Waals surface area contributed by atoms with Gasteiger partial charge in [-0.2, -0.15) is 9.78 Å². The molecule has 2 aromatic heterocycles. The first kappa shape index (κ1) is 25.1. The van der Waals surface area contributed by atoms with Gasteiger partial charge in [0.1, 0.15) is 12.4 Å². The highest BCUT2D eigenvalue weighted by molar-refractivity contribution is 5.94. The van der Waals surface area contributed by atoms with E-state index in [1.807, 2.05) is 36.4 Å². The number of nitrogens with zero attached hydrogens (tertiary/aromatic N) is 7. The Hall–Kier alpha value is -4.58. The number of nitrogen functional groups attached to an aromatic ring is 1. The number of carbonyl (C=O) groups excluding carboxylic acids is 1. The molecule has 0 atom stereocenters. The third-order valence-corrected chi connectivity index (χ3v) is 6.24. The minimum Gasteiger partial charge on any atom is -0.489 e. The molecule has 12 heteroatoms. The average molecular weight is 516 g/mol. The minimum absolute atomic E-state index is 0.0612. The molecule has 38 heavy (non-hydrogen) atoms. The van der Waals surface area contributed by atoms with Crippen molar-refractivity contribution in [2.24, 2.45) is 5.10 Å². The number of piperidine rings is 1. The predicted molar refractivity (Wildman–Crippen MR) is 140 cm³/mol. The van der Waals surface area contributed by atoms with E-state index in [1.165, 1.54) is 16.7 Å². The molecule has 5 rings (SSSR count). The van der Waals surface area contributed by atoms with Crippen molar-refractivity contribution >= 4 is 17.9 Å². The molecular weight excluding hydrogens is 486 g/mol. The number of aromatic nitrogens is 5. The highest BCUT2D eigenvalue weighted by Gasteiger charge is 2.26. The summed E-state index contributed by atoms with van der Waals surface area (Å²) >= 11 is 0. The molecule has 0 saturated carbocycles. The van der Waals surface area contributed by atoms with E-state index in [9.17, 15) is 4.79 Å². The average Bonchev–Trinajstić information content (AvgIpc) is 3.54. The third kappa shape index (κ3) is 6.03. The van der Waals surface area contributed by atoms with Gasteiger partial charge in [0.25, 0.3) is 5.91 Å². The van der Waals surface area contributed by atoms with Gasteiger partial charge in [0.15, 0.2) is 5.69 Å². The number of hydrazone groups is 1. The molecule has 3 N–H and O–H groups in total. The summed E-state index contributed by atoms with van der Waals surface area (Å²) in [6.45, 7) is 4.83. The van der Waals surface area contributed by atoms with Gasteiger partial charge in [0, 0.05) is 6.54 Å². The first-order chi connectivity index (χ1) is 18.6. The number of anilines is 1.